The predicted octanol–water partition coefficient (Wildman–Crippen LogP) is 2.45. The van der Waals surface area contributed by atoms with Crippen LogP contribution in [-0.4, -0.2) is 21.7 Å². The first kappa shape index (κ1) is 11.4. The summed E-state index contributed by atoms with van der Waals surface area (Å²) in [6.07, 6.45) is 6.20. The lowest BCUT2D eigenvalue weighted by Crippen LogP contribution is -1.84. The van der Waals surface area contributed by atoms with Gasteiger partial charge in [0.1, 0.15) is 12.2 Å². The zero-order valence-electron chi connectivity index (χ0n) is 9.05. The van der Waals surface area contributed by atoms with Gasteiger partial charge in [-0.15, -0.1) is 0 Å². The zero-order valence-corrected chi connectivity index (χ0v) is 9.05. The second-order valence-corrected chi connectivity index (χ2v) is 3.50. The summed E-state index contributed by atoms with van der Waals surface area (Å²) in [7, 11) is 0. The van der Waals surface area contributed by atoms with Crippen molar-refractivity contribution in [3.8, 4) is 11.1 Å². The monoisotopic (exact) mass is 230 g/mol. The van der Waals surface area contributed by atoms with Gasteiger partial charge in [0.15, 0.2) is 0 Å². The Morgan fingerprint density at radius 3 is 2.35 bits per heavy atom. The summed E-state index contributed by atoms with van der Waals surface area (Å²) in [5.41, 5.74) is 2.58. The van der Waals surface area contributed by atoms with Crippen LogP contribution in [0.15, 0.2) is 48.8 Å². The zero-order chi connectivity index (χ0) is 12.1. The summed E-state index contributed by atoms with van der Waals surface area (Å²) < 4.78 is 12.8. The number of hydrogen-bond donors (Lipinski definition) is 1. The highest BCUT2D eigenvalue weighted by molar-refractivity contribution is 5.64. The van der Waals surface area contributed by atoms with Crippen molar-refractivity contribution >= 4 is 6.08 Å². The van der Waals surface area contributed by atoms with Gasteiger partial charge in [-0.2, -0.15) is 0 Å². The summed E-state index contributed by atoms with van der Waals surface area (Å²) in [5, 5.41) is 8.57. The lowest BCUT2D eigenvalue weighted by molar-refractivity contribution is 0.300. The van der Waals surface area contributed by atoms with Crippen LogP contribution in [0.4, 0.5) is 4.39 Å². The molecule has 1 N–H and O–H groups in total. The van der Waals surface area contributed by atoms with Gasteiger partial charge in [-0.25, -0.2) is 14.4 Å². The van der Waals surface area contributed by atoms with Crippen LogP contribution >= 0.6 is 0 Å². The second-order valence-electron chi connectivity index (χ2n) is 3.50. The van der Waals surface area contributed by atoms with Crippen molar-refractivity contribution in [3.63, 3.8) is 0 Å². The van der Waals surface area contributed by atoms with E-state index in [4.69, 9.17) is 5.11 Å². The summed E-state index contributed by atoms with van der Waals surface area (Å²) in [4.78, 5) is 7.86. The Balaban J connectivity index is 2.25. The molecule has 0 aliphatic heterocycles. The topological polar surface area (TPSA) is 46.0 Å². The number of aromatic nitrogens is 2. The van der Waals surface area contributed by atoms with Gasteiger partial charge in [-0.3, -0.25) is 0 Å². The molecule has 2 aromatic rings. The fraction of sp³-hybridized carbons (Fsp3) is 0.0769. The van der Waals surface area contributed by atoms with Gasteiger partial charge in [0.05, 0.1) is 6.61 Å². The van der Waals surface area contributed by atoms with Gasteiger partial charge in [-0.05, 0) is 17.2 Å². The molecule has 0 unspecified atom stereocenters. The largest absolute Gasteiger partial charge is 0.389 e. The molecule has 0 saturated heterocycles. The number of hydrogen-bond acceptors (Lipinski definition) is 3. The van der Waals surface area contributed by atoms with Crippen LogP contribution in [0.5, 0.6) is 0 Å². The molecule has 2 rings (SSSR count). The first-order chi connectivity index (χ1) is 8.29. The molecule has 0 spiro atoms. The van der Waals surface area contributed by atoms with Crippen molar-refractivity contribution in [2.75, 3.05) is 6.61 Å². The number of benzene rings is 1. The van der Waals surface area contributed by atoms with Gasteiger partial charge >= 0.3 is 0 Å². The first-order valence-corrected chi connectivity index (χ1v) is 5.12. The number of nitrogens with zero attached hydrogens (tertiary/aromatic N) is 2. The van der Waals surface area contributed by atoms with E-state index in [2.05, 4.69) is 9.97 Å². The molecule has 0 aliphatic rings. The highest BCUT2D eigenvalue weighted by Crippen LogP contribution is 2.18. The van der Waals surface area contributed by atoms with Crippen LogP contribution in [0.2, 0.25) is 0 Å². The van der Waals surface area contributed by atoms with Crippen molar-refractivity contribution in [1.82, 2.24) is 9.97 Å². The van der Waals surface area contributed by atoms with E-state index in [9.17, 15) is 4.39 Å². The van der Waals surface area contributed by atoms with Gasteiger partial charge in [0, 0.05) is 18.0 Å². The molecule has 1 heterocycles. The Morgan fingerprint density at radius 1 is 1.12 bits per heavy atom. The lowest BCUT2D eigenvalue weighted by Gasteiger charge is -2.01. The van der Waals surface area contributed by atoms with Crippen LogP contribution in [0.25, 0.3) is 17.2 Å². The number of aliphatic hydroxyl groups excluding tert-OH is 1. The summed E-state index contributed by atoms with van der Waals surface area (Å²) in [6.45, 7) is -0.575. The molecule has 4 heteroatoms. The molecule has 1 aromatic heterocycles. The summed E-state index contributed by atoms with van der Waals surface area (Å²) in [6, 6.07) is 7.26. The summed E-state index contributed by atoms with van der Waals surface area (Å²) in [5.74, 6) is -0.555. The SMILES string of the molecule is OC/C(F)=C/c1ccc(-c2cncnc2)cc1. The third-order valence-electron chi connectivity index (χ3n) is 2.28. The van der Waals surface area contributed by atoms with E-state index in [0.717, 1.165) is 11.1 Å². The van der Waals surface area contributed by atoms with E-state index in [1.165, 1.54) is 12.4 Å². The van der Waals surface area contributed by atoms with Gasteiger partial charge in [0.25, 0.3) is 0 Å². The highest BCUT2D eigenvalue weighted by atomic mass is 19.1. The van der Waals surface area contributed by atoms with E-state index in [-0.39, 0.29) is 0 Å². The molecule has 86 valence electrons. The molecular weight excluding hydrogens is 219 g/mol. The Kier molecular flexibility index (Phi) is 3.57. The Bertz CT molecular complexity index is 509. The Hall–Kier alpha value is -2.07. The molecular formula is C13H11FN2O. The van der Waals surface area contributed by atoms with Gasteiger partial charge in [-0.1, -0.05) is 24.3 Å². The van der Waals surface area contributed by atoms with Crippen LogP contribution < -0.4 is 0 Å². The molecule has 0 fully saturated rings. The standard InChI is InChI=1S/C13H11FN2O/c14-13(8-17)5-10-1-3-11(4-2-10)12-6-15-9-16-7-12/h1-7,9,17H,8H2/b13-5-. The molecule has 0 aliphatic carbocycles. The van der Waals surface area contributed by atoms with E-state index < -0.39 is 12.4 Å². The van der Waals surface area contributed by atoms with Crippen molar-refractivity contribution in [2.24, 2.45) is 0 Å². The fourth-order valence-corrected chi connectivity index (χ4v) is 1.45. The van der Waals surface area contributed by atoms with Crippen LogP contribution in [-0.2, 0) is 0 Å². The third kappa shape index (κ3) is 2.95. The van der Waals surface area contributed by atoms with E-state index in [0.29, 0.717) is 5.56 Å². The van der Waals surface area contributed by atoms with E-state index in [1.807, 2.05) is 12.1 Å². The Labute approximate surface area is 98.3 Å². The average molecular weight is 230 g/mol. The van der Waals surface area contributed by atoms with E-state index in [1.54, 1.807) is 24.5 Å². The molecule has 0 radical (unpaired) electrons. The molecule has 0 atom stereocenters. The number of rotatable bonds is 3. The minimum absolute atomic E-state index is 0.555. The number of aliphatic hydroxyl groups is 1. The van der Waals surface area contributed by atoms with Gasteiger partial charge < -0.3 is 5.11 Å². The normalized spacial score (nSPS) is 11.5. The Morgan fingerprint density at radius 2 is 1.76 bits per heavy atom. The maximum absolute atomic E-state index is 12.8. The maximum atomic E-state index is 12.8. The van der Waals surface area contributed by atoms with Crippen molar-refractivity contribution in [1.29, 1.82) is 0 Å². The van der Waals surface area contributed by atoms with Crippen molar-refractivity contribution in [3.05, 3.63) is 54.4 Å². The first-order valence-electron chi connectivity index (χ1n) is 5.12. The van der Waals surface area contributed by atoms with Crippen LogP contribution in [0.1, 0.15) is 5.56 Å². The lowest BCUT2D eigenvalue weighted by atomic mass is 10.1. The molecule has 1 aromatic carbocycles. The van der Waals surface area contributed by atoms with Gasteiger partial charge in [0.2, 0.25) is 0 Å². The van der Waals surface area contributed by atoms with E-state index >= 15 is 0 Å². The summed E-state index contributed by atoms with van der Waals surface area (Å²) >= 11 is 0. The molecule has 3 nitrogen and oxygen atoms in total. The smallest absolute Gasteiger partial charge is 0.126 e. The van der Waals surface area contributed by atoms with Crippen LogP contribution in [0, 0.1) is 0 Å². The maximum Gasteiger partial charge on any atom is 0.126 e. The quantitative estimate of drug-likeness (QED) is 0.880. The fourth-order valence-electron chi connectivity index (χ4n) is 1.45. The third-order valence-corrected chi connectivity index (χ3v) is 2.28. The highest BCUT2D eigenvalue weighted by Gasteiger charge is 1.98. The average Bonchev–Trinajstić information content (AvgIpc) is 2.40. The minimum Gasteiger partial charge on any atom is -0.389 e. The molecule has 0 bridgehead atoms. The molecule has 17 heavy (non-hydrogen) atoms. The predicted molar refractivity (Wildman–Crippen MR) is 63.6 cm³/mol. The molecule has 0 amide bonds. The van der Waals surface area contributed by atoms with Crippen LogP contribution in [0.3, 0.4) is 0 Å². The molecule has 0 saturated carbocycles. The van der Waals surface area contributed by atoms with Crippen molar-refractivity contribution in [2.45, 2.75) is 0 Å². The minimum atomic E-state index is -0.575. The number of halogens is 1. The van der Waals surface area contributed by atoms with Crippen molar-refractivity contribution < 1.29 is 9.50 Å². The second kappa shape index (κ2) is 5.32.